The predicted octanol–water partition coefficient (Wildman–Crippen LogP) is 3.98. The van der Waals surface area contributed by atoms with E-state index in [0.29, 0.717) is 37.2 Å². The molecule has 1 atom stereocenters. The fraction of sp³-hybridized carbons (Fsp3) is 0.421. The molecule has 26 heavy (non-hydrogen) atoms. The first-order valence-electron chi connectivity index (χ1n) is 8.65. The smallest absolute Gasteiger partial charge is 0.337 e. The Morgan fingerprint density at radius 2 is 2.04 bits per heavy atom. The number of carbonyl (C=O) groups excluding carboxylic acids is 1. The van der Waals surface area contributed by atoms with Crippen molar-refractivity contribution in [1.82, 2.24) is 14.9 Å². The zero-order valence-corrected chi connectivity index (χ0v) is 14.2. The summed E-state index contributed by atoms with van der Waals surface area (Å²) in [6.45, 7) is 1.19. The Labute approximate surface area is 150 Å². The predicted molar refractivity (Wildman–Crippen MR) is 90.4 cm³/mol. The second-order valence-corrected chi connectivity index (χ2v) is 6.54. The van der Waals surface area contributed by atoms with E-state index in [2.05, 4.69) is 9.97 Å². The minimum absolute atomic E-state index is 0.168. The zero-order chi connectivity index (χ0) is 18.6. The van der Waals surface area contributed by atoms with Crippen molar-refractivity contribution in [3.05, 3.63) is 59.7 Å². The molecule has 0 aliphatic carbocycles. The number of alkyl halides is 3. The Hall–Kier alpha value is -2.44. The van der Waals surface area contributed by atoms with Crippen LogP contribution in [0.15, 0.2) is 42.9 Å². The number of rotatable bonds is 4. The maximum atomic E-state index is 13.1. The third kappa shape index (κ3) is 4.39. The quantitative estimate of drug-likeness (QED) is 0.825. The number of hydrogen-bond donors (Lipinski definition) is 0. The monoisotopic (exact) mass is 363 g/mol. The molecule has 0 radical (unpaired) electrons. The van der Waals surface area contributed by atoms with Crippen LogP contribution in [0.2, 0.25) is 0 Å². The molecular weight excluding hydrogens is 343 g/mol. The summed E-state index contributed by atoms with van der Waals surface area (Å²) in [4.78, 5) is 22.2. The Morgan fingerprint density at radius 1 is 1.23 bits per heavy atom. The highest BCUT2D eigenvalue weighted by molar-refractivity contribution is 5.92. The maximum Gasteiger partial charge on any atom is 0.416 e. The Morgan fingerprint density at radius 3 is 2.77 bits per heavy atom. The second-order valence-electron chi connectivity index (χ2n) is 6.54. The van der Waals surface area contributed by atoms with Crippen molar-refractivity contribution in [3.63, 3.8) is 0 Å². The summed E-state index contributed by atoms with van der Waals surface area (Å²) in [6.07, 6.45) is 2.82. The standard InChI is InChI=1S/C19H20F3N3O/c20-19(21,22)16-6-2-1-5-15(16)8-7-14-4-3-11-25(13-14)18(26)17-12-23-9-10-24-17/h1-2,5-6,9-10,12,14H,3-4,7-8,11,13H2/t14-/m1/s1. The number of amides is 1. The molecular formula is C19H20F3N3O. The van der Waals surface area contributed by atoms with Crippen molar-refractivity contribution in [3.8, 4) is 0 Å². The summed E-state index contributed by atoms with van der Waals surface area (Å²) in [6, 6.07) is 5.71. The van der Waals surface area contributed by atoms with E-state index < -0.39 is 11.7 Å². The molecule has 2 aromatic rings. The highest BCUT2D eigenvalue weighted by atomic mass is 19.4. The third-order valence-electron chi connectivity index (χ3n) is 4.73. The summed E-state index contributed by atoms with van der Waals surface area (Å²) >= 11 is 0. The minimum atomic E-state index is -4.34. The Balaban J connectivity index is 1.62. The van der Waals surface area contributed by atoms with Gasteiger partial charge in [-0.3, -0.25) is 9.78 Å². The molecule has 1 saturated heterocycles. The summed E-state index contributed by atoms with van der Waals surface area (Å²) in [7, 11) is 0. The van der Waals surface area contributed by atoms with Gasteiger partial charge in [0.1, 0.15) is 5.69 Å². The Kier molecular flexibility index (Phi) is 5.54. The van der Waals surface area contributed by atoms with Crippen LogP contribution < -0.4 is 0 Å². The third-order valence-corrected chi connectivity index (χ3v) is 4.73. The molecule has 2 heterocycles. The van der Waals surface area contributed by atoms with Gasteiger partial charge in [0.15, 0.2) is 0 Å². The van der Waals surface area contributed by atoms with Crippen LogP contribution in [-0.2, 0) is 12.6 Å². The Bertz CT molecular complexity index is 749. The van der Waals surface area contributed by atoms with Gasteiger partial charge in [-0.25, -0.2) is 4.98 Å². The highest BCUT2D eigenvalue weighted by Gasteiger charge is 2.33. The van der Waals surface area contributed by atoms with Crippen LogP contribution in [0.1, 0.15) is 40.9 Å². The summed E-state index contributed by atoms with van der Waals surface area (Å²) in [5.41, 5.74) is 0.0521. The van der Waals surface area contributed by atoms with Crippen LogP contribution in [0.4, 0.5) is 13.2 Å². The van der Waals surface area contributed by atoms with E-state index in [9.17, 15) is 18.0 Å². The molecule has 1 fully saturated rings. The van der Waals surface area contributed by atoms with Crippen LogP contribution in [-0.4, -0.2) is 33.9 Å². The molecule has 1 aliphatic rings. The highest BCUT2D eigenvalue weighted by Crippen LogP contribution is 2.33. The lowest BCUT2D eigenvalue weighted by molar-refractivity contribution is -0.138. The average molecular weight is 363 g/mol. The van der Waals surface area contributed by atoms with Gasteiger partial charge in [0.25, 0.3) is 5.91 Å². The topological polar surface area (TPSA) is 46.1 Å². The molecule has 7 heteroatoms. The van der Waals surface area contributed by atoms with E-state index in [4.69, 9.17) is 0 Å². The van der Waals surface area contributed by atoms with Crippen molar-refractivity contribution >= 4 is 5.91 Å². The van der Waals surface area contributed by atoms with Crippen LogP contribution in [0.25, 0.3) is 0 Å². The maximum absolute atomic E-state index is 13.1. The van der Waals surface area contributed by atoms with Crippen molar-refractivity contribution in [2.45, 2.75) is 31.9 Å². The molecule has 1 aliphatic heterocycles. The molecule has 1 amide bonds. The minimum Gasteiger partial charge on any atom is -0.337 e. The van der Waals surface area contributed by atoms with Gasteiger partial charge in [-0.1, -0.05) is 18.2 Å². The van der Waals surface area contributed by atoms with Gasteiger partial charge in [0.05, 0.1) is 11.8 Å². The van der Waals surface area contributed by atoms with Crippen LogP contribution >= 0.6 is 0 Å². The van der Waals surface area contributed by atoms with E-state index in [1.807, 2.05) is 0 Å². The van der Waals surface area contributed by atoms with Crippen molar-refractivity contribution in [1.29, 1.82) is 0 Å². The van der Waals surface area contributed by atoms with E-state index in [-0.39, 0.29) is 11.8 Å². The zero-order valence-electron chi connectivity index (χ0n) is 14.2. The first-order valence-corrected chi connectivity index (χ1v) is 8.65. The van der Waals surface area contributed by atoms with Crippen LogP contribution in [0.3, 0.4) is 0 Å². The first-order chi connectivity index (χ1) is 12.4. The number of halogens is 3. The molecule has 1 aromatic heterocycles. The summed E-state index contributed by atoms with van der Waals surface area (Å²) in [5.74, 6) is 0.0177. The van der Waals surface area contributed by atoms with Gasteiger partial charge in [0.2, 0.25) is 0 Å². The molecule has 4 nitrogen and oxygen atoms in total. The van der Waals surface area contributed by atoms with Gasteiger partial charge < -0.3 is 4.90 Å². The number of benzene rings is 1. The first kappa shape index (κ1) is 18.4. The summed E-state index contributed by atoms with van der Waals surface area (Å²) in [5, 5.41) is 0. The van der Waals surface area contributed by atoms with E-state index >= 15 is 0 Å². The van der Waals surface area contributed by atoms with Gasteiger partial charge in [-0.05, 0) is 43.2 Å². The second kappa shape index (κ2) is 7.85. The number of aryl methyl sites for hydroxylation is 1. The lowest BCUT2D eigenvalue weighted by Gasteiger charge is -2.32. The van der Waals surface area contributed by atoms with Gasteiger partial charge in [-0.15, -0.1) is 0 Å². The van der Waals surface area contributed by atoms with Crippen molar-refractivity contribution in [2.24, 2.45) is 5.92 Å². The number of piperidine rings is 1. The van der Waals surface area contributed by atoms with Gasteiger partial charge >= 0.3 is 6.18 Å². The number of aromatic nitrogens is 2. The number of likely N-dealkylation sites (tertiary alicyclic amines) is 1. The number of nitrogens with zero attached hydrogens (tertiary/aromatic N) is 3. The van der Waals surface area contributed by atoms with E-state index in [0.717, 1.165) is 18.9 Å². The lowest BCUT2D eigenvalue weighted by atomic mass is 9.90. The molecule has 0 bridgehead atoms. The molecule has 0 saturated carbocycles. The van der Waals surface area contributed by atoms with Crippen molar-refractivity contribution in [2.75, 3.05) is 13.1 Å². The average Bonchev–Trinajstić information content (AvgIpc) is 2.66. The van der Waals surface area contributed by atoms with E-state index in [1.165, 1.54) is 30.7 Å². The molecule has 0 N–H and O–H groups in total. The van der Waals surface area contributed by atoms with Crippen LogP contribution in [0.5, 0.6) is 0 Å². The molecule has 138 valence electrons. The van der Waals surface area contributed by atoms with Crippen molar-refractivity contribution < 1.29 is 18.0 Å². The molecule has 0 unspecified atom stereocenters. The normalized spacial score (nSPS) is 18.0. The number of carbonyl (C=O) groups is 1. The summed E-state index contributed by atoms with van der Waals surface area (Å²) < 4.78 is 39.3. The number of hydrogen-bond acceptors (Lipinski definition) is 3. The van der Waals surface area contributed by atoms with Gasteiger partial charge in [-0.2, -0.15) is 13.2 Å². The molecule has 3 rings (SSSR count). The molecule has 1 aromatic carbocycles. The SMILES string of the molecule is O=C(c1cnccn1)N1CCC[C@H](CCc2ccccc2C(F)(F)F)C1. The van der Waals surface area contributed by atoms with Crippen LogP contribution in [0, 0.1) is 5.92 Å². The van der Waals surface area contributed by atoms with Gasteiger partial charge in [0, 0.05) is 25.5 Å². The lowest BCUT2D eigenvalue weighted by Crippen LogP contribution is -2.40. The fourth-order valence-corrected chi connectivity index (χ4v) is 3.43. The largest absolute Gasteiger partial charge is 0.416 e. The van der Waals surface area contributed by atoms with E-state index in [1.54, 1.807) is 11.0 Å². The molecule has 0 spiro atoms. The fourth-order valence-electron chi connectivity index (χ4n) is 3.43.